The third-order valence-corrected chi connectivity index (χ3v) is 9.62. The molecular weight excluding hydrogens is 492 g/mol. The molecule has 0 fully saturated rings. The Morgan fingerprint density at radius 2 is 1.00 bits per heavy atom. The van der Waals surface area contributed by atoms with E-state index in [1.807, 2.05) is 0 Å². The van der Waals surface area contributed by atoms with Gasteiger partial charge in [0.25, 0.3) is 0 Å². The van der Waals surface area contributed by atoms with E-state index in [9.17, 15) is 0 Å². The SMILES string of the molecule is CC1(C)c2ccccc2-c2c1cc(-c1ccc(-c3ccc4ccc5cccc6ccc3c4c56)cc1)c1ccccc21. The average Bonchev–Trinajstić information content (AvgIpc) is 3.26. The molecule has 0 saturated heterocycles. The minimum atomic E-state index is -0.0353. The summed E-state index contributed by atoms with van der Waals surface area (Å²) in [6.07, 6.45) is 0. The number of fused-ring (bicyclic) bond motifs is 5. The molecule has 1 aliphatic rings. The van der Waals surface area contributed by atoms with E-state index >= 15 is 0 Å². The van der Waals surface area contributed by atoms with Crippen LogP contribution in [-0.2, 0) is 5.41 Å². The molecular formula is C41H28. The fourth-order valence-corrected chi connectivity index (χ4v) is 7.60. The van der Waals surface area contributed by atoms with Crippen LogP contribution in [0.3, 0.4) is 0 Å². The predicted molar refractivity (Wildman–Crippen MR) is 176 cm³/mol. The van der Waals surface area contributed by atoms with Gasteiger partial charge in [0.1, 0.15) is 0 Å². The molecule has 9 rings (SSSR count). The number of rotatable bonds is 2. The van der Waals surface area contributed by atoms with Gasteiger partial charge in [-0.3, -0.25) is 0 Å². The molecule has 1 aliphatic carbocycles. The van der Waals surface area contributed by atoms with Crippen LogP contribution in [0.2, 0.25) is 0 Å². The smallest absolute Gasteiger partial charge is 0.0159 e. The maximum atomic E-state index is 2.46. The van der Waals surface area contributed by atoms with Crippen molar-refractivity contribution in [2.24, 2.45) is 0 Å². The summed E-state index contributed by atoms with van der Waals surface area (Å²) in [6.45, 7) is 4.74. The summed E-state index contributed by atoms with van der Waals surface area (Å²) >= 11 is 0. The molecule has 0 atom stereocenters. The summed E-state index contributed by atoms with van der Waals surface area (Å²) in [4.78, 5) is 0. The lowest BCUT2D eigenvalue weighted by molar-refractivity contribution is 0.661. The van der Waals surface area contributed by atoms with Gasteiger partial charge in [0.2, 0.25) is 0 Å². The summed E-state index contributed by atoms with van der Waals surface area (Å²) in [5, 5.41) is 10.6. The molecule has 0 heterocycles. The van der Waals surface area contributed by atoms with Gasteiger partial charge in [-0.1, -0.05) is 141 Å². The van der Waals surface area contributed by atoms with Crippen LogP contribution in [0.25, 0.3) is 76.5 Å². The maximum absolute atomic E-state index is 2.46. The van der Waals surface area contributed by atoms with Crippen molar-refractivity contribution in [3.8, 4) is 33.4 Å². The number of hydrogen-bond donors (Lipinski definition) is 0. The van der Waals surface area contributed by atoms with Gasteiger partial charge in [-0.05, 0) is 93.7 Å². The van der Waals surface area contributed by atoms with Crippen molar-refractivity contribution in [3.05, 3.63) is 145 Å². The first-order valence-electron chi connectivity index (χ1n) is 14.5. The van der Waals surface area contributed by atoms with Gasteiger partial charge in [-0.2, -0.15) is 0 Å². The Hall–Kier alpha value is -4.94. The molecule has 0 nitrogen and oxygen atoms in total. The minimum absolute atomic E-state index is 0.0353. The minimum Gasteiger partial charge on any atom is -0.0619 e. The zero-order chi connectivity index (χ0) is 27.3. The molecule has 0 radical (unpaired) electrons. The molecule has 8 aromatic rings. The summed E-state index contributed by atoms with van der Waals surface area (Å²) in [5.41, 5.74) is 10.7. The third-order valence-electron chi connectivity index (χ3n) is 9.62. The largest absolute Gasteiger partial charge is 0.0619 e. The van der Waals surface area contributed by atoms with Crippen LogP contribution < -0.4 is 0 Å². The van der Waals surface area contributed by atoms with E-state index in [1.54, 1.807) is 0 Å². The first-order valence-corrected chi connectivity index (χ1v) is 14.5. The Morgan fingerprint density at radius 1 is 0.390 bits per heavy atom. The van der Waals surface area contributed by atoms with Crippen LogP contribution in [0.5, 0.6) is 0 Å². The molecule has 0 aliphatic heterocycles. The second-order valence-electron chi connectivity index (χ2n) is 12.1. The van der Waals surface area contributed by atoms with Crippen LogP contribution in [-0.4, -0.2) is 0 Å². The number of hydrogen-bond acceptors (Lipinski definition) is 0. The van der Waals surface area contributed by atoms with E-state index in [2.05, 4.69) is 147 Å². The second kappa shape index (κ2) is 8.05. The molecule has 0 spiro atoms. The topological polar surface area (TPSA) is 0 Å². The van der Waals surface area contributed by atoms with Crippen molar-refractivity contribution in [2.45, 2.75) is 19.3 Å². The van der Waals surface area contributed by atoms with E-state index in [1.165, 1.54) is 87.6 Å². The lowest BCUT2D eigenvalue weighted by Crippen LogP contribution is -2.15. The lowest BCUT2D eigenvalue weighted by atomic mass is 9.80. The Morgan fingerprint density at radius 3 is 1.78 bits per heavy atom. The number of benzene rings is 8. The second-order valence-corrected chi connectivity index (χ2v) is 12.1. The zero-order valence-corrected chi connectivity index (χ0v) is 23.2. The summed E-state index contributed by atoms with van der Waals surface area (Å²) in [7, 11) is 0. The molecule has 0 heteroatoms. The van der Waals surface area contributed by atoms with Gasteiger partial charge >= 0.3 is 0 Å². The lowest BCUT2D eigenvalue weighted by Gasteiger charge is -2.23. The quantitative estimate of drug-likeness (QED) is 0.199. The van der Waals surface area contributed by atoms with Gasteiger partial charge in [-0.25, -0.2) is 0 Å². The summed E-state index contributed by atoms with van der Waals surface area (Å²) in [5.74, 6) is 0. The van der Waals surface area contributed by atoms with Crippen LogP contribution in [0, 0.1) is 0 Å². The highest BCUT2D eigenvalue weighted by molar-refractivity contribution is 6.25. The van der Waals surface area contributed by atoms with Crippen molar-refractivity contribution in [2.75, 3.05) is 0 Å². The van der Waals surface area contributed by atoms with Crippen LogP contribution >= 0.6 is 0 Å². The molecule has 0 N–H and O–H groups in total. The van der Waals surface area contributed by atoms with Crippen LogP contribution in [0.15, 0.2) is 133 Å². The van der Waals surface area contributed by atoms with Gasteiger partial charge in [0.05, 0.1) is 0 Å². The van der Waals surface area contributed by atoms with Crippen molar-refractivity contribution in [1.82, 2.24) is 0 Å². The molecule has 0 unspecified atom stereocenters. The Labute approximate surface area is 239 Å². The van der Waals surface area contributed by atoms with E-state index in [0.29, 0.717) is 0 Å². The fourth-order valence-electron chi connectivity index (χ4n) is 7.60. The molecule has 41 heavy (non-hydrogen) atoms. The fraction of sp³-hybridized carbons (Fsp3) is 0.0732. The average molecular weight is 521 g/mol. The zero-order valence-electron chi connectivity index (χ0n) is 23.2. The molecule has 192 valence electrons. The Bertz CT molecular complexity index is 2300. The van der Waals surface area contributed by atoms with Crippen molar-refractivity contribution >= 4 is 43.1 Å². The van der Waals surface area contributed by atoms with E-state index in [-0.39, 0.29) is 5.41 Å². The standard InChI is InChI=1S/C41H28/c1-41(2)36-13-6-5-12-34(36)40-32-11-4-3-10-31(32)35(24-37(40)41)26-16-14-25(15-17-26)30-22-20-29-19-18-27-8-7-9-28-21-23-33(30)39(29)38(27)28/h3-24H,1-2H3. The van der Waals surface area contributed by atoms with Crippen LogP contribution in [0.4, 0.5) is 0 Å². The van der Waals surface area contributed by atoms with Crippen LogP contribution in [0.1, 0.15) is 25.0 Å². The highest BCUT2D eigenvalue weighted by atomic mass is 14.4. The first-order chi connectivity index (χ1) is 20.1. The van der Waals surface area contributed by atoms with Gasteiger partial charge in [0, 0.05) is 5.41 Å². The van der Waals surface area contributed by atoms with Gasteiger partial charge < -0.3 is 0 Å². The van der Waals surface area contributed by atoms with Gasteiger partial charge in [-0.15, -0.1) is 0 Å². The van der Waals surface area contributed by atoms with Crippen molar-refractivity contribution < 1.29 is 0 Å². The van der Waals surface area contributed by atoms with Crippen molar-refractivity contribution in [1.29, 1.82) is 0 Å². The Kier molecular flexibility index (Phi) is 4.49. The van der Waals surface area contributed by atoms with E-state index in [0.717, 1.165) is 0 Å². The molecule has 0 bridgehead atoms. The van der Waals surface area contributed by atoms with Gasteiger partial charge in [0.15, 0.2) is 0 Å². The van der Waals surface area contributed by atoms with E-state index < -0.39 is 0 Å². The molecule has 8 aromatic carbocycles. The molecule has 0 amide bonds. The molecule has 0 aromatic heterocycles. The monoisotopic (exact) mass is 520 g/mol. The highest BCUT2D eigenvalue weighted by Crippen LogP contribution is 2.53. The summed E-state index contributed by atoms with van der Waals surface area (Å²) < 4.78 is 0. The summed E-state index contributed by atoms with van der Waals surface area (Å²) in [6, 6.07) is 49.9. The molecule has 0 saturated carbocycles. The van der Waals surface area contributed by atoms with Crippen molar-refractivity contribution in [3.63, 3.8) is 0 Å². The third kappa shape index (κ3) is 3.05. The highest BCUT2D eigenvalue weighted by Gasteiger charge is 2.36. The maximum Gasteiger partial charge on any atom is 0.0159 e. The predicted octanol–water partition coefficient (Wildman–Crippen LogP) is 11.4. The first kappa shape index (κ1) is 22.8. The Balaban J connectivity index is 1.23. The normalized spacial score (nSPS) is 13.8. The van der Waals surface area contributed by atoms with E-state index in [4.69, 9.17) is 0 Å².